The van der Waals surface area contributed by atoms with Gasteiger partial charge in [0.25, 0.3) is 0 Å². The minimum atomic E-state index is 0.217. The summed E-state index contributed by atoms with van der Waals surface area (Å²) in [6.07, 6.45) is 3.38. The van der Waals surface area contributed by atoms with Gasteiger partial charge >= 0.3 is 0 Å². The fourth-order valence-corrected chi connectivity index (χ4v) is 3.37. The molecule has 2 fully saturated rings. The SMILES string of the molecule is Cc1ccc(NC(=O)C2CC23CCNCC3)c(C)c1. The first-order valence-corrected chi connectivity index (χ1v) is 7.20. The van der Waals surface area contributed by atoms with Gasteiger partial charge in [0.1, 0.15) is 0 Å². The maximum Gasteiger partial charge on any atom is 0.228 e. The average molecular weight is 258 g/mol. The van der Waals surface area contributed by atoms with Crippen LogP contribution >= 0.6 is 0 Å². The number of rotatable bonds is 2. The van der Waals surface area contributed by atoms with Crippen LogP contribution in [0.3, 0.4) is 0 Å². The summed E-state index contributed by atoms with van der Waals surface area (Å²) >= 11 is 0. The van der Waals surface area contributed by atoms with Crippen molar-refractivity contribution in [3.63, 3.8) is 0 Å². The van der Waals surface area contributed by atoms with Gasteiger partial charge in [0.2, 0.25) is 5.91 Å². The van der Waals surface area contributed by atoms with Gasteiger partial charge in [0.05, 0.1) is 0 Å². The van der Waals surface area contributed by atoms with Gasteiger partial charge < -0.3 is 10.6 Å². The Hall–Kier alpha value is -1.35. The highest BCUT2D eigenvalue weighted by molar-refractivity contribution is 5.95. The van der Waals surface area contributed by atoms with Crippen molar-refractivity contribution in [3.8, 4) is 0 Å². The van der Waals surface area contributed by atoms with E-state index in [9.17, 15) is 4.79 Å². The summed E-state index contributed by atoms with van der Waals surface area (Å²) in [6, 6.07) is 6.18. The number of nitrogens with one attached hydrogen (secondary N) is 2. The molecule has 1 aliphatic heterocycles. The van der Waals surface area contributed by atoms with Crippen LogP contribution in [0, 0.1) is 25.2 Å². The smallest absolute Gasteiger partial charge is 0.228 e. The topological polar surface area (TPSA) is 41.1 Å². The average Bonchev–Trinajstić information content (AvgIpc) is 3.07. The lowest BCUT2D eigenvalue weighted by molar-refractivity contribution is -0.118. The molecule has 102 valence electrons. The molecule has 0 radical (unpaired) electrons. The zero-order valence-electron chi connectivity index (χ0n) is 11.8. The number of benzene rings is 1. The molecule has 0 aromatic heterocycles. The minimum absolute atomic E-state index is 0.217. The molecule has 1 atom stereocenters. The molecule has 19 heavy (non-hydrogen) atoms. The molecule has 1 spiro atoms. The van der Waals surface area contributed by atoms with Crippen molar-refractivity contribution in [1.82, 2.24) is 5.32 Å². The summed E-state index contributed by atoms with van der Waals surface area (Å²) in [6.45, 7) is 6.25. The van der Waals surface area contributed by atoms with Gasteiger partial charge in [-0.05, 0) is 63.2 Å². The number of amides is 1. The van der Waals surface area contributed by atoms with Crippen LogP contribution in [0.1, 0.15) is 30.4 Å². The molecule has 0 bridgehead atoms. The normalized spacial score (nSPS) is 24.2. The quantitative estimate of drug-likeness (QED) is 0.856. The second kappa shape index (κ2) is 4.64. The number of hydrogen-bond acceptors (Lipinski definition) is 2. The van der Waals surface area contributed by atoms with Gasteiger partial charge in [-0.1, -0.05) is 17.7 Å². The second-order valence-corrected chi connectivity index (χ2v) is 6.18. The monoisotopic (exact) mass is 258 g/mol. The number of hydrogen-bond donors (Lipinski definition) is 2. The van der Waals surface area contributed by atoms with E-state index in [1.54, 1.807) is 0 Å². The molecule has 1 unspecified atom stereocenters. The molecule has 1 heterocycles. The highest BCUT2D eigenvalue weighted by Crippen LogP contribution is 2.58. The maximum atomic E-state index is 12.4. The molecule has 1 amide bonds. The summed E-state index contributed by atoms with van der Waals surface area (Å²) in [4.78, 5) is 12.4. The van der Waals surface area contributed by atoms with Crippen molar-refractivity contribution in [2.75, 3.05) is 18.4 Å². The van der Waals surface area contributed by atoms with Crippen molar-refractivity contribution < 1.29 is 4.79 Å². The Balaban J connectivity index is 1.66. The Kier molecular flexibility index (Phi) is 3.09. The van der Waals surface area contributed by atoms with Crippen molar-refractivity contribution in [1.29, 1.82) is 0 Å². The molecule has 1 aromatic carbocycles. The largest absolute Gasteiger partial charge is 0.326 e. The van der Waals surface area contributed by atoms with Gasteiger partial charge in [0.15, 0.2) is 0 Å². The minimum Gasteiger partial charge on any atom is -0.326 e. The zero-order chi connectivity index (χ0) is 13.5. The lowest BCUT2D eigenvalue weighted by Crippen LogP contribution is -2.31. The number of aryl methyl sites for hydroxylation is 2. The van der Waals surface area contributed by atoms with E-state index >= 15 is 0 Å². The summed E-state index contributed by atoms with van der Waals surface area (Å²) in [7, 11) is 0. The first-order chi connectivity index (χ1) is 9.11. The maximum absolute atomic E-state index is 12.4. The molecule has 3 heteroatoms. The predicted octanol–water partition coefficient (Wildman–Crippen LogP) is 2.63. The number of piperidine rings is 1. The zero-order valence-corrected chi connectivity index (χ0v) is 11.8. The molecule has 2 N–H and O–H groups in total. The third kappa shape index (κ3) is 2.39. The molecular formula is C16H22N2O. The Morgan fingerprint density at radius 2 is 2.05 bits per heavy atom. The third-order valence-corrected chi connectivity index (χ3v) is 4.75. The Bertz CT molecular complexity index is 503. The van der Waals surface area contributed by atoms with E-state index in [-0.39, 0.29) is 11.8 Å². The van der Waals surface area contributed by atoms with Gasteiger partial charge in [-0.3, -0.25) is 4.79 Å². The Morgan fingerprint density at radius 1 is 1.32 bits per heavy atom. The summed E-state index contributed by atoms with van der Waals surface area (Å²) in [5.41, 5.74) is 3.66. The van der Waals surface area contributed by atoms with E-state index in [4.69, 9.17) is 0 Å². The van der Waals surface area contributed by atoms with E-state index < -0.39 is 0 Å². The highest BCUT2D eigenvalue weighted by Gasteiger charge is 2.57. The van der Waals surface area contributed by atoms with Crippen molar-refractivity contribution in [3.05, 3.63) is 29.3 Å². The van der Waals surface area contributed by atoms with Crippen LogP contribution in [0.15, 0.2) is 18.2 Å². The first-order valence-electron chi connectivity index (χ1n) is 7.20. The van der Waals surface area contributed by atoms with Gasteiger partial charge in [-0.2, -0.15) is 0 Å². The van der Waals surface area contributed by atoms with Crippen LogP contribution in [0.4, 0.5) is 5.69 Å². The predicted molar refractivity (Wildman–Crippen MR) is 77.2 cm³/mol. The molecule has 1 saturated carbocycles. The van der Waals surface area contributed by atoms with Crippen LogP contribution in [0.5, 0.6) is 0 Å². The van der Waals surface area contributed by atoms with E-state index in [0.717, 1.165) is 43.6 Å². The number of carbonyl (C=O) groups excluding carboxylic acids is 1. The van der Waals surface area contributed by atoms with Crippen molar-refractivity contribution in [2.45, 2.75) is 33.1 Å². The lowest BCUT2D eigenvalue weighted by Gasteiger charge is -2.23. The van der Waals surface area contributed by atoms with Gasteiger partial charge in [-0.25, -0.2) is 0 Å². The Morgan fingerprint density at radius 3 is 2.74 bits per heavy atom. The highest BCUT2D eigenvalue weighted by atomic mass is 16.2. The Labute approximate surface area is 114 Å². The van der Waals surface area contributed by atoms with Crippen LogP contribution < -0.4 is 10.6 Å². The lowest BCUT2D eigenvalue weighted by atomic mass is 9.91. The summed E-state index contributed by atoms with van der Waals surface area (Å²) in [5, 5.41) is 6.48. The second-order valence-electron chi connectivity index (χ2n) is 6.18. The van der Waals surface area contributed by atoms with Crippen molar-refractivity contribution in [2.24, 2.45) is 11.3 Å². The van der Waals surface area contributed by atoms with E-state index in [1.807, 2.05) is 6.07 Å². The van der Waals surface area contributed by atoms with E-state index in [0.29, 0.717) is 5.41 Å². The molecular weight excluding hydrogens is 236 g/mol. The standard InChI is InChI=1S/C16H22N2O/c1-11-3-4-14(12(2)9-11)18-15(19)13-10-16(13)5-7-17-8-6-16/h3-4,9,13,17H,5-8,10H2,1-2H3,(H,18,19). The summed E-state index contributed by atoms with van der Waals surface area (Å²) in [5.74, 6) is 0.448. The molecule has 1 aromatic rings. The number of anilines is 1. The third-order valence-electron chi connectivity index (χ3n) is 4.75. The van der Waals surface area contributed by atoms with Gasteiger partial charge in [-0.15, -0.1) is 0 Å². The van der Waals surface area contributed by atoms with Crippen LogP contribution in [-0.4, -0.2) is 19.0 Å². The molecule has 1 saturated heterocycles. The fraction of sp³-hybridized carbons (Fsp3) is 0.562. The van der Waals surface area contributed by atoms with E-state index in [2.05, 4.69) is 36.6 Å². The molecule has 2 aliphatic rings. The van der Waals surface area contributed by atoms with Crippen molar-refractivity contribution >= 4 is 11.6 Å². The molecule has 3 nitrogen and oxygen atoms in total. The van der Waals surface area contributed by atoms with Gasteiger partial charge in [0, 0.05) is 11.6 Å². The summed E-state index contributed by atoms with van der Waals surface area (Å²) < 4.78 is 0. The van der Waals surface area contributed by atoms with Crippen LogP contribution in [0.2, 0.25) is 0 Å². The molecule has 1 aliphatic carbocycles. The molecule has 3 rings (SSSR count). The van der Waals surface area contributed by atoms with E-state index in [1.165, 1.54) is 5.56 Å². The fourth-order valence-electron chi connectivity index (χ4n) is 3.37. The van der Waals surface area contributed by atoms with Crippen LogP contribution in [-0.2, 0) is 4.79 Å². The first kappa shape index (κ1) is 12.7. The number of carbonyl (C=O) groups is 1. The van der Waals surface area contributed by atoms with Crippen LogP contribution in [0.25, 0.3) is 0 Å².